The second-order valence-corrected chi connectivity index (χ2v) is 5.38. The second kappa shape index (κ2) is 8.70. The first-order chi connectivity index (χ1) is 12.4. The lowest BCUT2D eigenvalue weighted by molar-refractivity contribution is -0.146. The van der Waals surface area contributed by atoms with E-state index in [1.165, 1.54) is 0 Å². The predicted molar refractivity (Wildman–Crippen MR) is 87.7 cm³/mol. The zero-order valence-electron chi connectivity index (χ0n) is 13.6. The lowest BCUT2D eigenvalue weighted by Gasteiger charge is -2.15. The Morgan fingerprint density at radius 3 is 2.38 bits per heavy atom. The van der Waals surface area contributed by atoms with Gasteiger partial charge in [0, 0.05) is 0 Å². The molecule has 2 aromatic carbocycles. The van der Waals surface area contributed by atoms with Crippen molar-refractivity contribution >= 4 is 17.8 Å². The number of primary amides is 1. The van der Waals surface area contributed by atoms with Gasteiger partial charge >= 0.3 is 5.97 Å². The van der Waals surface area contributed by atoms with Crippen molar-refractivity contribution in [1.29, 1.82) is 0 Å². The van der Waals surface area contributed by atoms with E-state index in [1.807, 2.05) is 0 Å². The SMILES string of the molecule is NC(=O)[C@@H](CC(=O)OCc1ccccc1)NC(=O)c1cccc(F)c1F. The number of nitrogens with two attached hydrogens (primary N) is 1. The molecule has 6 nitrogen and oxygen atoms in total. The van der Waals surface area contributed by atoms with Gasteiger partial charge in [0.1, 0.15) is 12.6 Å². The molecule has 2 aromatic rings. The average molecular weight is 362 g/mol. The molecule has 2 amide bonds. The van der Waals surface area contributed by atoms with Crippen LogP contribution in [0, 0.1) is 11.6 Å². The Balaban J connectivity index is 1.97. The zero-order valence-corrected chi connectivity index (χ0v) is 13.6. The topological polar surface area (TPSA) is 98.5 Å². The summed E-state index contributed by atoms with van der Waals surface area (Å²) in [6.45, 7) is -0.0162. The van der Waals surface area contributed by atoms with E-state index in [1.54, 1.807) is 30.3 Å². The summed E-state index contributed by atoms with van der Waals surface area (Å²) in [6.07, 6.45) is -0.537. The van der Waals surface area contributed by atoms with E-state index >= 15 is 0 Å². The molecule has 0 saturated heterocycles. The van der Waals surface area contributed by atoms with Gasteiger partial charge in [-0.2, -0.15) is 0 Å². The molecule has 26 heavy (non-hydrogen) atoms. The Kier molecular flexibility index (Phi) is 6.37. The first kappa shape index (κ1) is 19.0. The van der Waals surface area contributed by atoms with E-state index < -0.39 is 47.4 Å². The number of carbonyl (C=O) groups excluding carboxylic acids is 3. The molecule has 0 aliphatic carbocycles. The maximum Gasteiger partial charge on any atom is 0.308 e. The van der Waals surface area contributed by atoms with E-state index in [4.69, 9.17) is 10.5 Å². The molecule has 0 unspecified atom stereocenters. The van der Waals surface area contributed by atoms with Crippen molar-refractivity contribution in [3.63, 3.8) is 0 Å². The molecule has 0 aliphatic rings. The van der Waals surface area contributed by atoms with Crippen LogP contribution in [0.5, 0.6) is 0 Å². The molecule has 0 aliphatic heterocycles. The van der Waals surface area contributed by atoms with Gasteiger partial charge in [-0.1, -0.05) is 36.4 Å². The number of hydrogen-bond acceptors (Lipinski definition) is 4. The molecule has 136 valence electrons. The molecule has 3 N–H and O–H groups in total. The molecular weight excluding hydrogens is 346 g/mol. The molecule has 0 spiro atoms. The third kappa shape index (κ3) is 5.10. The van der Waals surface area contributed by atoms with E-state index in [2.05, 4.69) is 5.32 Å². The Morgan fingerprint density at radius 1 is 1.04 bits per heavy atom. The van der Waals surface area contributed by atoms with Gasteiger partial charge in [0.05, 0.1) is 12.0 Å². The fourth-order valence-corrected chi connectivity index (χ4v) is 2.10. The smallest absolute Gasteiger partial charge is 0.308 e. The normalized spacial score (nSPS) is 11.5. The van der Waals surface area contributed by atoms with Crippen molar-refractivity contribution < 1.29 is 27.9 Å². The highest BCUT2D eigenvalue weighted by atomic mass is 19.2. The number of rotatable bonds is 7. The first-order valence-electron chi connectivity index (χ1n) is 7.62. The molecule has 0 aromatic heterocycles. The van der Waals surface area contributed by atoms with Crippen molar-refractivity contribution in [3.8, 4) is 0 Å². The summed E-state index contributed by atoms with van der Waals surface area (Å²) in [7, 11) is 0. The summed E-state index contributed by atoms with van der Waals surface area (Å²) in [6, 6.07) is 10.4. The maximum atomic E-state index is 13.6. The predicted octanol–water partition coefficient (Wildman–Crippen LogP) is 1.68. The van der Waals surface area contributed by atoms with Crippen LogP contribution in [0.15, 0.2) is 48.5 Å². The van der Waals surface area contributed by atoms with Crippen LogP contribution in [0.1, 0.15) is 22.3 Å². The molecule has 2 rings (SSSR count). The Hall–Kier alpha value is -3.29. The molecule has 0 bridgehead atoms. The molecule has 0 saturated carbocycles. The van der Waals surface area contributed by atoms with E-state index in [0.717, 1.165) is 23.8 Å². The van der Waals surface area contributed by atoms with Crippen molar-refractivity contribution in [2.24, 2.45) is 5.73 Å². The van der Waals surface area contributed by atoms with Gasteiger partial charge in [0.15, 0.2) is 11.6 Å². The lowest BCUT2D eigenvalue weighted by atomic mass is 10.1. The third-order valence-corrected chi connectivity index (χ3v) is 3.46. The van der Waals surface area contributed by atoms with Crippen LogP contribution in [-0.2, 0) is 20.9 Å². The summed E-state index contributed by atoms with van der Waals surface area (Å²) >= 11 is 0. The van der Waals surface area contributed by atoms with Crippen LogP contribution in [0.3, 0.4) is 0 Å². The van der Waals surface area contributed by atoms with Crippen LogP contribution in [-0.4, -0.2) is 23.8 Å². The van der Waals surface area contributed by atoms with Gasteiger partial charge in [0.2, 0.25) is 5.91 Å². The quantitative estimate of drug-likeness (QED) is 0.732. The fourth-order valence-electron chi connectivity index (χ4n) is 2.10. The van der Waals surface area contributed by atoms with Gasteiger partial charge in [-0.05, 0) is 17.7 Å². The molecule has 0 fully saturated rings. The van der Waals surface area contributed by atoms with Crippen LogP contribution in [0.4, 0.5) is 8.78 Å². The third-order valence-electron chi connectivity index (χ3n) is 3.46. The van der Waals surface area contributed by atoms with E-state index in [9.17, 15) is 23.2 Å². The zero-order chi connectivity index (χ0) is 19.1. The minimum absolute atomic E-state index is 0.0162. The standard InChI is InChI=1S/C18H16F2N2O4/c19-13-8-4-7-12(16(13)20)18(25)22-14(17(21)24)9-15(23)26-10-11-5-2-1-3-6-11/h1-8,14H,9-10H2,(H2,21,24)(H,22,25)/t14-/m1/s1. The summed E-state index contributed by atoms with van der Waals surface area (Å²) in [4.78, 5) is 35.3. The number of ether oxygens (including phenoxy) is 1. The molecule has 0 radical (unpaired) electrons. The number of halogens is 2. The highest BCUT2D eigenvalue weighted by molar-refractivity contribution is 5.98. The maximum absolute atomic E-state index is 13.6. The number of hydrogen-bond donors (Lipinski definition) is 2. The molecule has 1 atom stereocenters. The second-order valence-electron chi connectivity index (χ2n) is 5.38. The van der Waals surface area contributed by atoms with E-state index in [-0.39, 0.29) is 6.61 Å². The number of benzene rings is 2. The van der Waals surface area contributed by atoms with Crippen molar-refractivity contribution in [2.75, 3.05) is 0 Å². The molecule has 0 heterocycles. The fraction of sp³-hybridized carbons (Fsp3) is 0.167. The summed E-state index contributed by atoms with van der Waals surface area (Å²) < 4.78 is 31.8. The van der Waals surface area contributed by atoms with Crippen LogP contribution in [0.2, 0.25) is 0 Å². The minimum Gasteiger partial charge on any atom is -0.461 e. The highest BCUT2D eigenvalue weighted by Gasteiger charge is 2.25. The lowest BCUT2D eigenvalue weighted by Crippen LogP contribution is -2.46. The summed E-state index contributed by atoms with van der Waals surface area (Å²) in [5, 5.41) is 2.11. The van der Waals surface area contributed by atoms with Crippen LogP contribution in [0.25, 0.3) is 0 Å². The van der Waals surface area contributed by atoms with Gasteiger partial charge in [-0.25, -0.2) is 8.78 Å². The summed E-state index contributed by atoms with van der Waals surface area (Å²) in [5.74, 6) is -5.43. The largest absolute Gasteiger partial charge is 0.461 e. The first-order valence-corrected chi connectivity index (χ1v) is 7.62. The van der Waals surface area contributed by atoms with Crippen molar-refractivity contribution in [2.45, 2.75) is 19.1 Å². The number of carbonyl (C=O) groups is 3. The summed E-state index contributed by atoms with van der Waals surface area (Å²) in [5.41, 5.74) is 5.29. The minimum atomic E-state index is -1.42. The van der Waals surface area contributed by atoms with Crippen LogP contribution < -0.4 is 11.1 Å². The van der Waals surface area contributed by atoms with Gasteiger partial charge in [-0.3, -0.25) is 14.4 Å². The Morgan fingerprint density at radius 2 is 1.73 bits per heavy atom. The average Bonchev–Trinajstić information content (AvgIpc) is 2.62. The Labute approximate surface area is 147 Å². The number of amides is 2. The molecule has 8 heteroatoms. The molecular formula is C18H16F2N2O4. The van der Waals surface area contributed by atoms with E-state index in [0.29, 0.717) is 0 Å². The van der Waals surface area contributed by atoms with Crippen molar-refractivity contribution in [3.05, 3.63) is 71.3 Å². The van der Waals surface area contributed by atoms with Crippen molar-refractivity contribution in [1.82, 2.24) is 5.32 Å². The van der Waals surface area contributed by atoms with Gasteiger partial charge in [-0.15, -0.1) is 0 Å². The highest BCUT2D eigenvalue weighted by Crippen LogP contribution is 2.12. The Bertz CT molecular complexity index is 812. The van der Waals surface area contributed by atoms with Gasteiger partial charge < -0.3 is 15.8 Å². The number of nitrogens with one attached hydrogen (secondary N) is 1. The van der Waals surface area contributed by atoms with Crippen LogP contribution >= 0.6 is 0 Å². The monoisotopic (exact) mass is 362 g/mol. The number of esters is 1. The van der Waals surface area contributed by atoms with Gasteiger partial charge in [0.25, 0.3) is 5.91 Å².